The van der Waals surface area contributed by atoms with Gasteiger partial charge in [-0.2, -0.15) is 11.8 Å². The van der Waals surface area contributed by atoms with Crippen molar-refractivity contribution < 1.29 is 9.53 Å². The predicted octanol–water partition coefficient (Wildman–Crippen LogP) is 2.67. The maximum atomic E-state index is 9.97. The minimum atomic E-state index is 0.279. The van der Waals surface area contributed by atoms with Crippen molar-refractivity contribution in [2.45, 2.75) is 12.6 Å². The van der Waals surface area contributed by atoms with Gasteiger partial charge in [-0.3, -0.25) is 0 Å². The van der Waals surface area contributed by atoms with Crippen molar-refractivity contribution in [1.29, 1.82) is 0 Å². The molecule has 3 nitrogen and oxygen atoms in total. The molecule has 0 spiro atoms. The third kappa shape index (κ3) is 2.79. The van der Waals surface area contributed by atoms with Gasteiger partial charge in [-0.15, -0.1) is 0 Å². The Morgan fingerprint density at radius 3 is 2.94 bits per heavy atom. The highest BCUT2D eigenvalue weighted by Gasteiger charge is 2.20. The molecule has 0 atom stereocenters. The quantitative estimate of drug-likeness (QED) is 0.613. The minimum Gasteiger partial charge on any atom is -0.487 e. The van der Waals surface area contributed by atoms with Crippen LogP contribution in [0.15, 0.2) is 23.2 Å². The lowest BCUT2D eigenvalue weighted by Crippen LogP contribution is -2.31. The van der Waals surface area contributed by atoms with Gasteiger partial charge < -0.3 is 4.74 Å². The molecule has 0 aliphatic carbocycles. The third-order valence-electron chi connectivity index (χ3n) is 2.22. The molecule has 84 valence electrons. The van der Waals surface area contributed by atoms with E-state index >= 15 is 0 Å². The highest BCUT2D eigenvalue weighted by molar-refractivity contribution is 8.00. The second-order valence-electron chi connectivity index (χ2n) is 3.45. The summed E-state index contributed by atoms with van der Waals surface area (Å²) in [6.07, 6.45) is 1.78. The topological polar surface area (TPSA) is 38.7 Å². The lowest BCUT2D eigenvalue weighted by atomic mass is 10.2. The van der Waals surface area contributed by atoms with Crippen molar-refractivity contribution in [2.75, 3.05) is 11.5 Å². The van der Waals surface area contributed by atoms with E-state index < -0.39 is 0 Å². The highest BCUT2D eigenvalue weighted by atomic mass is 35.5. The Labute approximate surface area is 103 Å². The Balaban J connectivity index is 2.05. The number of carbonyl (C=O) groups excluding carboxylic acids is 1. The first-order valence-electron chi connectivity index (χ1n) is 4.86. The number of rotatable bonds is 4. The zero-order valence-corrected chi connectivity index (χ0v) is 10.1. The van der Waals surface area contributed by atoms with Crippen LogP contribution in [-0.2, 0) is 11.3 Å². The predicted molar refractivity (Wildman–Crippen MR) is 65.0 cm³/mol. The van der Waals surface area contributed by atoms with Crippen LogP contribution in [0.3, 0.4) is 0 Å². The summed E-state index contributed by atoms with van der Waals surface area (Å²) in [7, 11) is 0. The number of isocyanates is 1. The Morgan fingerprint density at radius 2 is 2.38 bits per heavy atom. The summed E-state index contributed by atoms with van der Waals surface area (Å²) in [6.45, 7) is 0.308. The van der Waals surface area contributed by atoms with Crippen LogP contribution in [0, 0.1) is 0 Å². The number of ether oxygens (including phenoxy) is 1. The number of aliphatic imine (C=N–C) groups is 1. The van der Waals surface area contributed by atoms with Gasteiger partial charge in [0, 0.05) is 11.5 Å². The van der Waals surface area contributed by atoms with Crippen LogP contribution in [0.25, 0.3) is 0 Å². The molecule has 0 N–H and O–H groups in total. The molecule has 0 aromatic heterocycles. The van der Waals surface area contributed by atoms with Crippen molar-refractivity contribution in [3.8, 4) is 5.75 Å². The highest BCUT2D eigenvalue weighted by Crippen LogP contribution is 2.30. The van der Waals surface area contributed by atoms with Crippen molar-refractivity contribution in [1.82, 2.24) is 0 Å². The maximum Gasteiger partial charge on any atom is 0.235 e. The van der Waals surface area contributed by atoms with Gasteiger partial charge in [0.05, 0.1) is 11.6 Å². The minimum absolute atomic E-state index is 0.279. The van der Waals surface area contributed by atoms with E-state index in [9.17, 15) is 4.79 Å². The molecule has 1 fully saturated rings. The second-order valence-corrected chi connectivity index (χ2v) is 4.93. The molecule has 0 radical (unpaired) electrons. The summed E-state index contributed by atoms with van der Waals surface area (Å²) in [5.74, 6) is 2.74. The van der Waals surface area contributed by atoms with E-state index in [0.717, 1.165) is 17.1 Å². The fourth-order valence-electron chi connectivity index (χ4n) is 1.32. The smallest absolute Gasteiger partial charge is 0.235 e. The number of hydrogen-bond donors (Lipinski definition) is 0. The summed E-state index contributed by atoms with van der Waals surface area (Å²) in [5, 5.41) is 0.565. The summed E-state index contributed by atoms with van der Waals surface area (Å²) in [5.41, 5.74) is 0.878. The van der Waals surface area contributed by atoms with Crippen molar-refractivity contribution in [3.05, 3.63) is 28.8 Å². The fourth-order valence-corrected chi connectivity index (χ4v) is 2.14. The Kier molecular flexibility index (Phi) is 3.88. The molecule has 0 amide bonds. The first kappa shape index (κ1) is 11.5. The number of halogens is 1. The standard InChI is InChI=1S/C11H10ClNO2S/c12-10-3-8(4-13-7-14)1-2-11(10)15-9-5-16-6-9/h1-3,9H,4-6H2. The van der Waals surface area contributed by atoms with Gasteiger partial charge >= 0.3 is 0 Å². The molecule has 2 rings (SSSR count). The van der Waals surface area contributed by atoms with Crippen LogP contribution in [-0.4, -0.2) is 23.7 Å². The van der Waals surface area contributed by atoms with Crippen LogP contribution in [0.4, 0.5) is 0 Å². The summed E-state index contributed by atoms with van der Waals surface area (Å²) >= 11 is 7.92. The van der Waals surface area contributed by atoms with Crippen LogP contribution in [0.5, 0.6) is 5.75 Å². The lowest BCUT2D eigenvalue weighted by Gasteiger charge is -2.26. The van der Waals surface area contributed by atoms with Gasteiger partial charge in [0.2, 0.25) is 6.08 Å². The van der Waals surface area contributed by atoms with E-state index in [1.165, 1.54) is 6.08 Å². The van der Waals surface area contributed by atoms with Gasteiger partial charge in [-0.1, -0.05) is 17.7 Å². The van der Waals surface area contributed by atoms with E-state index in [-0.39, 0.29) is 6.10 Å². The Hall–Kier alpha value is -0.960. The summed E-state index contributed by atoms with van der Waals surface area (Å²) < 4.78 is 5.68. The molecule has 1 heterocycles. The van der Waals surface area contributed by atoms with Gasteiger partial charge in [0.15, 0.2) is 0 Å². The number of benzene rings is 1. The van der Waals surface area contributed by atoms with Crippen molar-refractivity contribution in [3.63, 3.8) is 0 Å². The Bertz CT molecular complexity index is 428. The van der Waals surface area contributed by atoms with Gasteiger partial charge in [-0.05, 0) is 17.7 Å². The summed E-state index contributed by atoms with van der Waals surface area (Å²) in [4.78, 5) is 13.5. The van der Waals surface area contributed by atoms with Crippen LogP contribution >= 0.6 is 23.4 Å². The normalized spacial score (nSPS) is 15.1. The van der Waals surface area contributed by atoms with Crippen LogP contribution in [0.1, 0.15) is 5.56 Å². The maximum absolute atomic E-state index is 9.97. The lowest BCUT2D eigenvalue weighted by molar-refractivity contribution is 0.240. The molecule has 0 unspecified atom stereocenters. The van der Waals surface area contributed by atoms with Gasteiger partial charge in [0.25, 0.3) is 0 Å². The largest absolute Gasteiger partial charge is 0.487 e. The molecule has 5 heteroatoms. The Morgan fingerprint density at radius 1 is 1.56 bits per heavy atom. The van der Waals surface area contributed by atoms with Crippen LogP contribution in [0.2, 0.25) is 5.02 Å². The number of nitrogens with zero attached hydrogens (tertiary/aromatic N) is 1. The SMILES string of the molecule is O=C=NCc1ccc(OC2CSC2)c(Cl)c1. The number of thioether (sulfide) groups is 1. The average molecular weight is 256 g/mol. The first-order chi connectivity index (χ1) is 7.79. The molecule has 1 aromatic carbocycles. The zero-order valence-electron chi connectivity index (χ0n) is 8.48. The molecule has 1 aliphatic heterocycles. The van der Waals surface area contributed by atoms with Crippen molar-refractivity contribution >= 4 is 29.4 Å². The van der Waals surface area contributed by atoms with E-state index in [0.29, 0.717) is 17.3 Å². The molecular formula is C11H10ClNO2S. The summed E-state index contributed by atoms with van der Waals surface area (Å²) in [6, 6.07) is 5.44. The van der Waals surface area contributed by atoms with Gasteiger partial charge in [0.1, 0.15) is 11.9 Å². The van der Waals surface area contributed by atoms with Gasteiger partial charge in [-0.25, -0.2) is 9.79 Å². The van der Waals surface area contributed by atoms with Crippen LogP contribution < -0.4 is 4.74 Å². The van der Waals surface area contributed by atoms with E-state index in [4.69, 9.17) is 16.3 Å². The van der Waals surface area contributed by atoms with Crippen molar-refractivity contribution in [2.24, 2.45) is 4.99 Å². The monoisotopic (exact) mass is 255 g/mol. The molecule has 1 aromatic rings. The molecule has 16 heavy (non-hydrogen) atoms. The zero-order chi connectivity index (χ0) is 11.4. The van der Waals surface area contributed by atoms with E-state index in [1.54, 1.807) is 6.07 Å². The molecule has 1 aliphatic rings. The first-order valence-corrected chi connectivity index (χ1v) is 6.39. The van der Waals surface area contributed by atoms with E-state index in [2.05, 4.69) is 4.99 Å². The third-order valence-corrected chi connectivity index (χ3v) is 3.73. The molecule has 0 saturated carbocycles. The second kappa shape index (κ2) is 5.39. The number of hydrogen-bond acceptors (Lipinski definition) is 4. The molecule has 0 bridgehead atoms. The molecular weight excluding hydrogens is 246 g/mol. The average Bonchev–Trinajstić information content (AvgIpc) is 2.22. The fraction of sp³-hybridized carbons (Fsp3) is 0.364. The van der Waals surface area contributed by atoms with E-state index in [1.807, 2.05) is 23.9 Å². The molecule has 1 saturated heterocycles.